The smallest absolute Gasteiger partial charge is 0.339 e. The molecule has 3 saturated carbocycles. The Morgan fingerprint density at radius 1 is 0.493 bits per heavy atom. The van der Waals surface area contributed by atoms with Crippen LogP contribution in [-0.4, -0.2) is 61.0 Å². The Morgan fingerprint density at radius 2 is 0.880 bits per heavy atom. The van der Waals surface area contributed by atoms with Gasteiger partial charge in [-0.05, 0) is 179 Å². The molecule has 3 aliphatic rings. The molecule has 3 fully saturated rings. The predicted octanol–water partition coefficient (Wildman–Crippen LogP) is 9.26. The van der Waals surface area contributed by atoms with Gasteiger partial charge in [0, 0.05) is 34.4 Å². The van der Waals surface area contributed by atoms with Crippen LogP contribution in [0.15, 0.2) is 122 Å². The van der Waals surface area contributed by atoms with Gasteiger partial charge in [0.05, 0.1) is 29.2 Å². The molecule has 0 aromatic heterocycles. The van der Waals surface area contributed by atoms with Gasteiger partial charge in [-0.25, -0.2) is 14.4 Å². The lowest BCUT2D eigenvalue weighted by molar-refractivity contribution is -0.170. The minimum absolute atomic E-state index is 0.103. The molecule has 0 N–H and O–H groups in total. The van der Waals surface area contributed by atoms with E-state index in [9.17, 15) is 33.6 Å². The summed E-state index contributed by atoms with van der Waals surface area (Å²) in [6, 6.07) is 28.5. The van der Waals surface area contributed by atoms with Crippen molar-refractivity contribution < 1.29 is 66.7 Å². The highest BCUT2D eigenvalue weighted by atomic mass is 16.7. The summed E-state index contributed by atoms with van der Waals surface area (Å²) in [5, 5.41) is 0. The van der Waals surface area contributed by atoms with Crippen LogP contribution >= 0.6 is 0 Å². The molecule has 4 aromatic rings. The van der Waals surface area contributed by atoms with Gasteiger partial charge in [-0.3, -0.25) is 19.2 Å². The first-order chi connectivity index (χ1) is 36.3. The number of hydrogen-bond acceptors (Lipinski definition) is 14. The van der Waals surface area contributed by atoms with Crippen LogP contribution in [-0.2, 0) is 52.5 Å². The molecule has 75 heavy (non-hydrogen) atoms. The number of hydrogen-bond donors (Lipinski definition) is 0. The minimum atomic E-state index is -1.13. The van der Waals surface area contributed by atoms with Crippen molar-refractivity contribution in [2.45, 2.75) is 88.6 Å². The van der Waals surface area contributed by atoms with Crippen LogP contribution in [0.1, 0.15) is 121 Å². The van der Waals surface area contributed by atoms with E-state index in [0.717, 1.165) is 34.4 Å². The average molecular weight is 1010 g/mol. The highest BCUT2D eigenvalue weighted by Gasteiger charge is 2.39. The fourth-order valence-corrected chi connectivity index (χ4v) is 9.16. The Balaban J connectivity index is 0.957. The zero-order valence-electron chi connectivity index (χ0n) is 41.4. The van der Waals surface area contributed by atoms with Crippen LogP contribution in [0.3, 0.4) is 0 Å². The normalized spacial score (nSPS) is 20.7. The van der Waals surface area contributed by atoms with E-state index in [4.69, 9.17) is 39.6 Å². The van der Waals surface area contributed by atoms with E-state index < -0.39 is 72.8 Å². The van der Waals surface area contributed by atoms with Crippen LogP contribution in [0.4, 0.5) is 0 Å². The topological polar surface area (TPSA) is 184 Å². The first-order valence-corrected chi connectivity index (χ1v) is 24.8. The van der Waals surface area contributed by atoms with Crippen molar-refractivity contribution in [3.8, 4) is 47.5 Å². The SMILES string of the molecule is C#Cc1ccc(C#Cc2ccc(C#CC3(OC(=O)c4ccc(OC(=O)C5CCC(C(=O)OCOC(=O)C=C)CC5)cc4)CCC(c4ccc(OC(=O)C5CCC(C(=O)OCOC(=O)C=C)CC5)cc4)CC3)cc2)cc1. The highest BCUT2D eigenvalue weighted by molar-refractivity contribution is 5.90. The lowest BCUT2D eigenvalue weighted by Gasteiger charge is -2.36. The van der Waals surface area contributed by atoms with Crippen LogP contribution in [0.5, 0.6) is 11.5 Å². The summed E-state index contributed by atoms with van der Waals surface area (Å²) in [5.74, 6) is 10.8. The van der Waals surface area contributed by atoms with E-state index in [1.807, 2.05) is 60.7 Å². The first kappa shape index (κ1) is 54.1. The molecule has 0 radical (unpaired) electrons. The van der Waals surface area contributed by atoms with E-state index in [1.54, 1.807) is 12.1 Å². The molecular weight excluding hydrogens is 957 g/mol. The number of esters is 7. The summed E-state index contributed by atoms with van der Waals surface area (Å²) in [5.41, 5.74) is 3.27. The van der Waals surface area contributed by atoms with Crippen LogP contribution in [0, 0.1) is 59.7 Å². The van der Waals surface area contributed by atoms with Crippen molar-refractivity contribution in [2.24, 2.45) is 23.7 Å². The Hall–Kier alpha value is -8.67. The van der Waals surface area contributed by atoms with Crippen LogP contribution < -0.4 is 9.47 Å². The second-order valence-corrected chi connectivity index (χ2v) is 18.5. The highest BCUT2D eigenvalue weighted by Crippen LogP contribution is 2.41. The maximum absolute atomic E-state index is 13.9. The summed E-state index contributed by atoms with van der Waals surface area (Å²) in [4.78, 5) is 87.4. The fourth-order valence-electron chi connectivity index (χ4n) is 9.16. The second-order valence-electron chi connectivity index (χ2n) is 18.5. The van der Waals surface area contributed by atoms with E-state index in [1.165, 1.54) is 24.3 Å². The second kappa shape index (κ2) is 26.3. The monoisotopic (exact) mass is 1010 g/mol. The summed E-state index contributed by atoms with van der Waals surface area (Å²) >= 11 is 0. The molecule has 0 atom stereocenters. The van der Waals surface area contributed by atoms with Crippen molar-refractivity contribution in [2.75, 3.05) is 13.6 Å². The number of benzene rings is 4. The Bertz CT molecular complexity index is 2900. The van der Waals surface area contributed by atoms with Crippen LogP contribution in [0.2, 0.25) is 0 Å². The molecule has 0 amide bonds. The lowest BCUT2D eigenvalue weighted by Crippen LogP contribution is -2.37. The van der Waals surface area contributed by atoms with Crippen molar-refractivity contribution >= 4 is 41.8 Å². The van der Waals surface area contributed by atoms with Gasteiger partial charge < -0.3 is 33.2 Å². The average Bonchev–Trinajstić information content (AvgIpc) is 3.45. The van der Waals surface area contributed by atoms with E-state index in [0.29, 0.717) is 88.4 Å². The third-order valence-electron chi connectivity index (χ3n) is 13.6. The molecule has 0 unspecified atom stereocenters. The molecule has 0 aliphatic heterocycles. The third kappa shape index (κ3) is 15.7. The Morgan fingerprint density at radius 3 is 1.29 bits per heavy atom. The molecule has 7 rings (SSSR count). The maximum atomic E-state index is 13.9. The van der Waals surface area contributed by atoms with Crippen molar-refractivity contribution in [3.63, 3.8) is 0 Å². The molecule has 14 nitrogen and oxygen atoms in total. The number of terminal acetylenes is 1. The van der Waals surface area contributed by atoms with Crippen LogP contribution in [0.25, 0.3) is 0 Å². The molecule has 3 aliphatic carbocycles. The number of rotatable bonds is 15. The number of carbonyl (C=O) groups excluding carboxylic acids is 7. The zero-order valence-corrected chi connectivity index (χ0v) is 41.4. The standard InChI is InChI=1S/C61H56O14/c1-4-41-7-9-42(10-8-41)11-12-43-13-15-44(16-14-43)33-36-61(75-60(68)51-27-31-53(32-28-51)74-59(67)50-23-19-48(20-24-50)57(65)72-40-70-55(63)6-3)37-34-46(35-38-61)45-25-29-52(30-26-45)73-58(66)49-21-17-47(18-22-49)56(64)71-39-69-54(62)5-2/h1,5-10,13-16,25-32,46-50H,2-3,17-24,34-35,37-40H2. The Labute approximate surface area is 436 Å². The fraction of sp³-hybridized carbons (Fsp3) is 0.328. The molecule has 0 saturated heterocycles. The summed E-state index contributed by atoms with van der Waals surface area (Å²) in [6.45, 7) is 5.60. The van der Waals surface area contributed by atoms with Crippen molar-refractivity contribution in [1.29, 1.82) is 0 Å². The molecule has 14 heteroatoms. The zero-order chi connectivity index (χ0) is 53.2. The third-order valence-corrected chi connectivity index (χ3v) is 13.6. The summed E-state index contributed by atoms with van der Waals surface area (Å²) < 4.78 is 37.3. The Kier molecular flexibility index (Phi) is 19.0. The van der Waals surface area contributed by atoms with E-state index in [-0.39, 0.29) is 29.1 Å². The van der Waals surface area contributed by atoms with Gasteiger partial charge in [-0.15, -0.1) is 6.42 Å². The summed E-state index contributed by atoms with van der Waals surface area (Å²) in [6.07, 6.45) is 13.0. The lowest BCUT2D eigenvalue weighted by atomic mass is 9.76. The van der Waals surface area contributed by atoms with Crippen molar-refractivity contribution in [1.82, 2.24) is 0 Å². The van der Waals surface area contributed by atoms with E-state index >= 15 is 0 Å². The van der Waals surface area contributed by atoms with E-state index in [2.05, 4.69) is 42.8 Å². The van der Waals surface area contributed by atoms with Gasteiger partial charge in [0.15, 0.2) is 5.60 Å². The first-order valence-electron chi connectivity index (χ1n) is 24.8. The largest absolute Gasteiger partial charge is 0.442 e. The maximum Gasteiger partial charge on any atom is 0.339 e. The number of ether oxygens (including phenoxy) is 7. The van der Waals surface area contributed by atoms with Crippen molar-refractivity contribution in [3.05, 3.63) is 156 Å². The van der Waals surface area contributed by atoms with Gasteiger partial charge >= 0.3 is 41.8 Å². The molecule has 384 valence electrons. The minimum Gasteiger partial charge on any atom is -0.442 e. The number of carbonyl (C=O) groups is 7. The molecule has 0 bridgehead atoms. The molecular formula is C61H56O14. The van der Waals surface area contributed by atoms with Gasteiger partial charge in [0.2, 0.25) is 13.6 Å². The van der Waals surface area contributed by atoms with Gasteiger partial charge in [0.1, 0.15) is 11.5 Å². The van der Waals surface area contributed by atoms with Gasteiger partial charge in [-0.1, -0.05) is 49.0 Å². The predicted molar refractivity (Wildman–Crippen MR) is 273 cm³/mol. The molecule has 4 aromatic carbocycles. The molecule has 0 heterocycles. The van der Waals surface area contributed by atoms with Gasteiger partial charge in [0.25, 0.3) is 0 Å². The molecule has 0 spiro atoms. The summed E-state index contributed by atoms with van der Waals surface area (Å²) in [7, 11) is 0. The quantitative estimate of drug-likeness (QED) is 0.0274. The van der Waals surface area contributed by atoms with Gasteiger partial charge in [-0.2, -0.15) is 0 Å².